The summed E-state index contributed by atoms with van der Waals surface area (Å²) < 4.78 is 0. The summed E-state index contributed by atoms with van der Waals surface area (Å²) in [7, 11) is 0. The van der Waals surface area contributed by atoms with E-state index < -0.39 is 0 Å². The van der Waals surface area contributed by atoms with E-state index in [-0.39, 0.29) is 11.9 Å². The van der Waals surface area contributed by atoms with E-state index in [1.807, 2.05) is 26.0 Å². The van der Waals surface area contributed by atoms with Crippen LogP contribution < -0.4 is 11.1 Å². The molecule has 0 aliphatic heterocycles. The minimum absolute atomic E-state index is 0.0213. The summed E-state index contributed by atoms with van der Waals surface area (Å²) in [6.45, 7) is 4.54. The van der Waals surface area contributed by atoms with Crippen LogP contribution in [0.5, 0.6) is 0 Å². The molecule has 1 rings (SSSR count). The normalized spacial score (nSPS) is 12.5. The Morgan fingerprint density at radius 3 is 2.86 bits per heavy atom. The van der Waals surface area contributed by atoms with Gasteiger partial charge in [0.2, 0.25) is 0 Å². The molecule has 0 bridgehead atoms. The van der Waals surface area contributed by atoms with E-state index >= 15 is 0 Å². The predicted molar refractivity (Wildman–Crippen MR) is 59.7 cm³/mol. The minimum atomic E-state index is -0.0213. The molecular weight excluding hydrogens is 196 g/mol. The summed E-state index contributed by atoms with van der Waals surface area (Å²) in [5.41, 5.74) is 5.69. The van der Waals surface area contributed by atoms with Gasteiger partial charge in [-0.15, -0.1) is 11.3 Å². The molecule has 1 atom stereocenters. The lowest BCUT2D eigenvalue weighted by Gasteiger charge is -2.08. The smallest absolute Gasteiger partial charge is 0.261 e. The van der Waals surface area contributed by atoms with Gasteiger partial charge in [-0.05, 0) is 25.5 Å². The Kier molecular flexibility index (Phi) is 4.10. The summed E-state index contributed by atoms with van der Waals surface area (Å²) in [4.78, 5) is 13.4. The summed E-state index contributed by atoms with van der Waals surface area (Å²) in [6.07, 6.45) is 0.879. The van der Waals surface area contributed by atoms with Crippen LogP contribution in [-0.4, -0.2) is 18.5 Å². The Hall–Kier alpha value is -0.870. The zero-order chi connectivity index (χ0) is 10.6. The third kappa shape index (κ3) is 3.12. The van der Waals surface area contributed by atoms with Crippen LogP contribution >= 0.6 is 11.3 Å². The molecular formula is C10H16N2OS. The highest BCUT2D eigenvalue weighted by molar-refractivity contribution is 7.13. The van der Waals surface area contributed by atoms with Gasteiger partial charge in [0.05, 0.1) is 4.88 Å². The fourth-order valence-electron chi connectivity index (χ4n) is 1.01. The molecule has 0 aliphatic rings. The molecule has 0 spiro atoms. The maximum Gasteiger partial charge on any atom is 0.261 e. The highest BCUT2D eigenvalue weighted by Gasteiger charge is 2.08. The third-order valence-electron chi connectivity index (χ3n) is 2.01. The van der Waals surface area contributed by atoms with E-state index in [1.54, 1.807) is 0 Å². The van der Waals surface area contributed by atoms with Crippen molar-refractivity contribution in [2.24, 2.45) is 5.73 Å². The van der Waals surface area contributed by atoms with E-state index in [0.717, 1.165) is 16.2 Å². The van der Waals surface area contributed by atoms with Crippen LogP contribution in [0.1, 0.15) is 27.9 Å². The molecule has 3 N–H and O–H groups in total. The van der Waals surface area contributed by atoms with Gasteiger partial charge in [-0.2, -0.15) is 0 Å². The van der Waals surface area contributed by atoms with E-state index in [0.29, 0.717) is 6.54 Å². The van der Waals surface area contributed by atoms with Crippen LogP contribution in [0, 0.1) is 6.92 Å². The molecule has 0 aliphatic carbocycles. The number of amides is 1. The lowest BCUT2D eigenvalue weighted by molar-refractivity contribution is 0.0955. The SMILES string of the molecule is CCC(N)CNC(=O)c1ccc(C)s1. The summed E-state index contributed by atoms with van der Waals surface area (Å²) >= 11 is 1.50. The van der Waals surface area contributed by atoms with Crippen molar-refractivity contribution in [2.75, 3.05) is 6.54 Å². The fourth-order valence-corrected chi connectivity index (χ4v) is 1.80. The van der Waals surface area contributed by atoms with Gasteiger partial charge in [-0.25, -0.2) is 0 Å². The van der Waals surface area contributed by atoms with Crippen LogP contribution in [-0.2, 0) is 0 Å². The van der Waals surface area contributed by atoms with Gasteiger partial charge in [0.1, 0.15) is 0 Å². The molecule has 4 heteroatoms. The molecule has 1 amide bonds. The van der Waals surface area contributed by atoms with E-state index in [9.17, 15) is 4.79 Å². The molecule has 1 heterocycles. The van der Waals surface area contributed by atoms with Crippen molar-refractivity contribution in [2.45, 2.75) is 26.3 Å². The molecule has 0 fully saturated rings. The summed E-state index contributed by atoms with van der Waals surface area (Å²) in [5.74, 6) is -0.0213. The van der Waals surface area contributed by atoms with Crippen LogP contribution in [0.4, 0.5) is 0 Å². The number of carbonyl (C=O) groups is 1. The highest BCUT2D eigenvalue weighted by atomic mass is 32.1. The Balaban J connectivity index is 2.43. The van der Waals surface area contributed by atoms with Crippen molar-refractivity contribution >= 4 is 17.2 Å². The monoisotopic (exact) mass is 212 g/mol. The van der Waals surface area contributed by atoms with Crippen molar-refractivity contribution in [1.82, 2.24) is 5.32 Å². The summed E-state index contributed by atoms with van der Waals surface area (Å²) in [6, 6.07) is 3.84. The molecule has 0 radical (unpaired) electrons. The van der Waals surface area contributed by atoms with Crippen molar-refractivity contribution in [3.8, 4) is 0 Å². The number of rotatable bonds is 4. The number of aryl methyl sites for hydroxylation is 1. The Labute approximate surface area is 88.3 Å². The van der Waals surface area contributed by atoms with E-state index in [1.165, 1.54) is 11.3 Å². The zero-order valence-electron chi connectivity index (χ0n) is 8.54. The molecule has 1 unspecified atom stereocenters. The van der Waals surface area contributed by atoms with Gasteiger partial charge in [-0.1, -0.05) is 6.92 Å². The first-order valence-electron chi connectivity index (χ1n) is 4.73. The van der Waals surface area contributed by atoms with Gasteiger partial charge in [0.25, 0.3) is 5.91 Å². The first-order chi connectivity index (χ1) is 6.63. The third-order valence-corrected chi connectivity index (χ3v) is 3.01. The predicted octanol–water partition coefficient (Wildman–Crippen LogP) is 1.52. The van der Waals surface area contributed by atoms with Crippen molar-refractivity contribution < 1.29 is 4.79 Å². The molecule has 78 valence electrons. The maximum atomic E-state index is 11.5. The molecule has 0 aromatic carbocycles. The number of hydrogen-bond acceptors (Lipinski definition) is 3. The van der Waals surface area contributed by atoms with E-state index in [4.69, 9.17) is 5.73 Å². The first-order valence-corrected chi connectivity index (χ1v) is 5.55. The van der Waals surface area contributed by atoms with Gasteiger partial charge < -0.3 is 11.1 Å². The molecule has 3 nitrogen and oxygen atoms in total. The number of carbonyl (C=O) groups excluding carboxylic acids is 1. The van der Waals surface area contributed by atoms with Gasteiger partial charge in [0.15, 0.2) is 0 Å². The molecule has 1 aromatic rings. The number of hydrogen-bond donors (Lipinski definition) is 2. The van der Waals surface area contributed by atoms with E-state index in [2.05, 4.69) is 5.32 Å². The Bertz CT molecular complexity index is 309. The topological polar surface area (TPSA) is 55.1 Å². The van der Waals surface area contributed by atoms with Gasteiger partial charge in [0, 0.05) is 17.5 Å². The molecule has 0 saturated carbocycles. The maximum absolute atomic E-state index is 11.5. The minimum Gasteiger partial charge on any atom is -0.350 e. The van der Waals surface area contributed by atoms with Crippen molar-refractivity contribution in [1.29, 1.82) is 0 Å². The quantitative estimate of drug-likeness (QED) is 0.795. The average molecular weight is 212 g/mol. The number of nitrogens with one attached hydrogen (secondary N) is 1. The van der Waals surface area contributed by atoms with Gasteiger partial charge >= 0.3 is 0 Å². The van der Waals surface area contributed by atoms with Crippen LogP contribution in [0.25, 0.3) is 0 Å². The van der Waals surface area contributed by atoms with Crippen molar-refractivity contribution in [3.05, 3.63) is 21.9 Å². The standard InChI is InChI=1S/C10H16N2OS/c1-3-8(11)6-12-10(13)9-5-4-7(2)14-9/h4-5,8H,3,6,11H2,1-2H3,(H,12,13). The average Bonchev–Trinajstić information content (AvgIpc) is 2.60. The largest absolute Gasteiger partial charge is 0.350 e. The number of thiophene rings is 1. The molecule has 1 aromatic heterocycles. The number of nitrogens with two attached hydrogens (primary N) is 1. The Morgan fingerprint density at radius 2 is 2.36 bits per heavy atom. The van der Waals surface area contributed by atoms with Crippen LogP contribution in [0.15, 0.2) is 12.1 Å². The summed E-state index contributed by atoms with van der Waals surface area (Å²) in [5, 5.41) is 2.81. The lowest BCUT2D eigenvalue weighted by Crippen LogP contribution is -2.36. The zero-order valence-corrected chi connectivity index (χ0v) is 9.36. The lowest BCUT2D eigenvalue weighted by atomic mass is 10.2. The first kappa shape index (κ1) is 11.2. The van der Waals surface area contributed by atoms with Crippen LogP contribution in [0.2, 0.25) is 0 Å². The molecule has 0 saturated heterocycles. The second-order valence-corrected chi connectivity index (χ2v) is 4.58. The fraction of sp³-hybridized carbons (Fsp3) is 0.500. The van der Waals surface area contributed by atoms with Crippen LogP contribution in [0.3, 0.4) is 0 Å². The van der Waals surface area contributed by atoms with Gasteiger partial charge in [-0.3, -0.25) is 4.79 Å². The highest BCUT2D eigenvalue weighted by Crippen LogP contribution is 2.14. The van der Waals surface area contributed by atoms with Crippen molar-refractivity contribution in [3.63, 3.8) is 0 Å². The Morgan fingerprint density at radius 1 is 1.64 bits per heavy atom. The second-order valence-electron chi connectivity index (χ2n) is 3.29. The molecule has 14 heavy (non-hydrogen) atoms. The second kappa shape index (κ2) is 5.12.